The molecule has 0 unspecified atom stereocenters. The van der Waals surface area contributed by atoms with Crippen LogP contribution in [0.3, 0.4) is 0 Å². The highest BCUT2D eigenvalue weighted by Gasteiger charge is 2.39. The fourth-order valence-electron chi connectivity index (χ4n) is 2.54. The highest BCUT2D eigenvalue weighted by molar-refractivity contribution is 7.89. The first-order valence-electron chi connectivity index (χ1n) is 7.26. The molecule has 0 N–H and O–H groups in total. The lowest BCUT2D eigenvalue weighted by molar-refractivity contribution is -0.00770. The normalized spacial score (nSPS) is 20.4. The lowest BCUT2D eigenvalue weighted by Gasteiger charge is -2.40. The second-order valence-corrected chi connectivity index (χ2v) is 9.08. The average molecular weight is 311 g/mol. The molecule has 2 rings (SSSR count). The van der Waals surface area contributed by atoms with Gasteiger partial charge in [-0.1, -0.05) is 32.9 Å². The molecule has 0 amide bonds. The first kappa shape index (κ1) is 16.5. The minimum atomic E-state index is -3.48. The van der Waals surface area contributed by atoms with Gasteiger partial charge in [-0.25, -0.2) is 8.42 Å². The molecule has 0 aromatic heterocycles. The van der Waals surface area contributed by atoms with Crippen LogP contribution in [0, 0.1) is 0 Å². The molecule has 0 bridgehead atoms. The van der Waals surface area contributed by atoms with Gasteiger partial charge in [0.1, 0.15) is 0 Å². The van der Waals surface area contributed by atoms with Crippen molar-refractivity contribution in [2.75, 3.05) is 19.8 Å². The first-order valence-corrected chi connectivity index (χ1v) is 8.70. The lowest BCUT2D eigenvalue weighted by Crippen LogP contribution is -2.55. The Labute approximate surface area is 128 Å². The van der Waals surface area contributed by atoms with Crippen LogP contribution in [-0.4, -0.2) is 38.0 Å². The Morgan fingerprint density at radius 2 is 1.71 bits per heavy atom. The van der Waals surface area contributed by atoms with Crippen molar-refractivity contribution in [3.8, 4) is 0 Å². The summed E-state index contributed by atoms with van der Waals surface area (Å²) in [4.78, 5) is 0.352. The van der Waals surface area contributed by atoms with E-state index in [1.165, 1.54) is 0 Å². The van der Waals surface area contributed by atoms with E-state index in [1.807, 2.05) is 26.0 Å². The number of nitrogens with zero attached hydrogens (tertiary/aromatic N) is 1. The van der Waals surface area contributed by atoms with Crippen LogP contribution in [0.1, 0.15) is 40.2 Å². The SMILES string of the molecule is CC(C)(C)c1ccc(S(=O)(=O)N2CCOCC2(C)C)cc1. The monoisotopic (exact) mass is 311 g/mol. The van der Waals surface area contributed by atoms with Gasteiger partial charge in [-0.15, -0.1) is 0 Å². The molecule has 1 aliphatic heterocycles. The Kier molecular flexibility index (Phi) is 4.21. The van der Waals surface area contributed by atoms with E-state index in [0.29, 0.717) is 24.7 Å². The third kappa shape index (κ3) is 3.30. The van der Waals surface area contributed by atoms with E-state index in [-0.39, 0.29) is 5.41 Å². The molecule has 0 radical (unpaired) electrons. The van der Waals surface area contributed by atoms with E-state index in [2.05, 4.69) is 20.8 Å². The van der Waals surface area contributed by atoms with Gasteiger partial charge in [0.25, 0.3) is 0 Å². The summed E-state index contributed by atoms with van der Waals surface area (Å²) in [6.45, 7) is 11.4. The van der Waals surface area contributed by atoms with Crippen molar-refractivity contribution >= 4 is 10.0 Å². The van der Waals surface area contributed by atoms with Gasteiger partial charge < -0.3 is 4.74 Å². The summed E-state index contributed by atoms with van der Waals surface area (Å²) in [5.74, 6) is 0. The molecular weight excluding hydrogens is 286 g/mol. The molecule has 0 atom stereocenters. The van der Waals surface area contributed by atoms with Gasteiger partial charge >= 0.3 is 0 Å². The van der Waals surface area contributed by atoms with E-state index in [4.69, 9.17) is 4.74 Å². The van der Waals surface area contributed by atoms with Crippen LogP contribution in [0.2, 0.25) is 0 Å². The van der Waals surface area contributed by atoms with Crippen LogP contribution in [-0.2, 0) is 20.2 Å². The number of sulfonamides is 1. The lowest BCUT2D eigenvalue weighted by atomic mass is 9.87. The van der Waals surface area contributed by atoms with Gasteiger partial charge in [0.15, 0.2) is 0 Å². The number of morpholine rings is 1. The molecule has 0 saturated carbocycles. The predicted octanol–water partition coefficient (Wildman–Crippen LogP) is 2.78. The number of benzene rings is 1. The van der Waals surface area contributed by atoms with Crippen LogP contribution >= 0.6 is 0 Å². The molecule has 0 aliphatic carbocycles. The van der Waals surface area contributed by atoms with E-state index >= 15 is 0 Å². The van der Waals surface area contributed by atoms with Gasteiger partial charge in [-0.2, -0.15) is 4.31 Å². The number of hydrogen-bond acceptors (Lipinski definition) is 3. The number of hydrogen-bond donors (Lipinski definition) is 0. The molecular formula is C16H25NO3S. The van der Waals surface area contributed by atoms with Crippen molar-refractivity contribution in [2.45, 2.75) is 50.5 Å². The van der Waals surface area contributed by atoms with Crippen LogP contribution in [0.5, 0.6) is 0 Å². The summed E-state index contributed by atoms with van der Waals surface area (Å²) in [6.07, 6.45) is 0. The van der Waals surface area contributed by atoms with Crippen LogP contribution in [0.15, 0.2) is 29.2 Å². The molecule has 1 saturated heterocycles. The van der Waals surface area contributed by atoms with E-state index < -0.39 is 15.6 Å². The highest BCUT2D eigenvalue weighted by atomic mass is 32.2. The van der Waals surface area contributed by atoms with E-state index in [9.17, 15) is 8.42 Å². The zero-order chi connectivity index (χ0) is 15.9. The largest absolute Gasteiger partial charge is 0.378 e. The molecule has 1 heterocycles. The van der Waals surface area contributed by atoms with Crippen molar-refractivity contribution in [3.05, 3.63) is 29.8 Å². The average Bonchev–Trinajstić information content (AvgIpc) is 2.37. The molecule has 1 aliphatic rings. The molecule has 21 heavy (non-hydrogen) atoms. The van der Waals surface area contributed by atoms with Crippen molar-refractivity contribution in [1.82, 2.24) is 4.31 Å². The maximum Gasteiger partial charge on any atom is 0.243 e. The first-order chi connectivity index (χ1) is 9.55. The van der Waals surface area contributed by atoms with Crippen LogP contribution in [0.25, 0.3) is 0 Å². The smallest absolute Gasteiger partial charge is 0.243 e. The summed E-state index contributed by atoms with van der Waals surface area (Å²) in [5.41, 5.74) is 0.628. The van der Waals surface area contributed by atoms with Gasteiger partial charge in [0.2, 0.25) is 10.0 Å². The standard InChI is InChI=1S/C16H25NO3S/c1-15(2,3)13-6-8-14(9-7-13)21(18,19)17-10-11-20-12-16(17,4)5/h6-9H,10-12H2,1-5H3. The zero-order valence-electron chi connectivity index (χ0n) is 13.5. The molecule has 1 fully saturated rings. The van der Waals surface area contributed by atoms with Crippen LogP contribution in [0.4, 0.5) is 0 Å². The highest BCUT2D eigenvalue weighted by Crippen LogP contribution is 2.29. The molecule has 1 aromatic rings. The van der Waals surface area contributed by atoms with Crippen LogP contribution < -0.4 is 0 Å². The third-order valence-corrected chi connectivity index (χ3v) is 6.00. The zero-order valence-corrected chi connectivity index (χ0v) is 14.3. The second kappa shape index (κ2) is 5.38. The van der Waals surface area contributed by atoms with Gasteiger partial charge in [0.05, 0.1) is 23.6 Å². The predicted molar refractivity (Wildman–Crippen MR) is 83.9 cm³/mol. The maximum atomic E-state index is 12.8. The Bertz CT molecular complexity index is 597. The number of rotatable bonds is 2. The van der Waals surface area contributed by atoms with E-state index in [1.54, 1.807) is 16.4 Å². The fraction of sp³-hybridized carbons (Fsp3) is 0.625. The van der Waals surface area contributed by atoms with Gasteiger partial charge in [-0.05, 0) is 37.0 Å². The summed E-state index contributed by atoms with van der Waals surface area (Å²) < 4.78 is 32.6. The Morgan fingerprint density at radius 3 is 2.19 bits per heavy atom. The van der Waals surface area contributed by atoms with Crippen molar-refractivity contribution < 1.29 is 13.2 Å². The Hall–Kier alpha value is -0.910. The number of ether oxygens (including phenoxy) is 1. The Morgan fingerprint density at radius 1 is 1.14 bits per heavy atom. The maximum absolute atomic E-state index is 12.8. The molecule has 4 nitrogen and oxygen atoms in total. The topological polar surface area (TPSA) is 46.6 Å². The van der Waals surface area contributed by atoms with Gasteiger partial charge in [0, 0.05) is 6.54 Å². The fourth-order valence-corrected chi connectivity index (χ4v) is 4.30. The molecule has 1 aromatic carbocycles. The summed E-state index contributed by atoms with van der Waals surface area (Å²) in [7, 11) is -3.48. The van der Waals surface area contributed by atoms with Crippen molar-refractivity contribution in [3.63, 3.8) is 0 Å². The van der Waals surface area contributed by atoms with Crippen molar-refractivity contribution in [2.24, 2.45) is 0 Å². The second-order valence-electron chi connectivity index (χ2n) is 7.22. The van der Waals surface area contributed by atoms with Gasteiger partial charge in [-0.3, -0.25) is 0 Å². The quantitative estimate of drug-likeness (QED) is 0.844. The third-order valence-electron chi connectivity index (χ3n) is 3.88. The summed E-state index contributed by atoms with van der Waals surface area (Å²) in [5, 5.41) is 0. The Balaban J connectivity index is 2.36. The van der Waals surface area contributed by atoms with Crippen molar-refractivity contribution in [1.29, 1.82) is 0 Å². The summed E-state index contributed by atoms with van der Waals surface area (Å²) in [6, 6.07) is 7.23. The molecule has 118 valence electrons. The molecule has 0 spiro atoms. The van der Waals surface area contributed by atoms with E-state index in [0.717, 1.165) is 5.56 Å². The summed E-state index contributed by atoms with van der Waals surface area (Å²) >= 11 is 0. The molecule has 5 heteroatoms. The minimum Gasteiger partial charge on any atom is -0.378 e. The minimum absolute atomic E-state index is 0.0144.